The smallest absolute Gasteiger partial charge is 0.367 e. The summed E-state index contributed by atoms with van der Waals surface area (Å²) in [5.41, 5.74) is 1.08. The van der Waals surface area contributed by atoms with E-state index in [0.717, 1.165) is 5.69 Å². The van der Waals surface area contributed by atoms with Crippen LogP contribution in [0.2, 0.25) is 0 Å². The summed E-state index contributed by atoms with van der Waals surface area (Å²) >= 11 is 1.38. The van der Waals surface area contributed by atoms with Crippen molar-refractivity contribution >= 4 is 17.3 Å². The fourth-order valence-electron chi connectivity index (χ4n) is 1.88. The minimum absolute atomic E-state index is 0.320. The third-order valence-electron chi connectivity index (χ3n) is 2.66. The number of aromatic nitrogens is 1. The molecule has 14 heavy (non-hydrogen) atoms. The van der Waals surface area contributed by atoms with E-state index < -0.39 is 0 Å². The van der Waals surface area contributed by atoms with Crippen molar-refractivity contribution in [2.75, 3.05) is 7.11 Å². The van der Waals surface area contributed by atoms with E-state index in [9.17, 15) is 4.79 Å². The van der Waals surface area contributed by atoms with E-state index in [1.165, 1.54) is 44.1 Å². The Morgan fingerprint density at radius 1 is 1.57 bits per heavy atom. The number of rotatable bonds is 2. The van der Waals surface area contributed by atoms with E-state index >= 15 is 0 Å². The van der Waals surface area contributed by atoms with Gasteiger partial charge in [0.15, 0.2) is 0 Å². The van der Waals surface area contributed by atoms with Crippen molar-refractivity contribution in [3.8, 4) is 0 Å². The zero-order valence-corrected chi connectivity index (χ0v) is 8.97. The molecule has 0 N–H and O–H groups in total. The maximum Gasteiger partial charge on any atom is 0.367 e. The van der Waals surface area contributed by atoms with Gasteiger partial charge in [0, 0.05) is 11.3 Å². The Balaban J connectivity index is 2.12. The number of carbonyl (C=O) groups is 1. The number of ether oxygens (including phenoxy) is 1. The van der Waals surface area contributed by atoms with Crippen molar-refractivity contribution < 1.29 is 9.53 Å². The molecule has 0 spiro atoms. The van der Waals surface area contributed by atoms with Crippen LogP contribution in [-0.2, 0) is 4.74 Å². The minimum atomic E-state index is -0.320. The van der Waals surface area contributed by atoms with Crippen LogP contribution in [0.5, 0.6) is 0 Å². The van der Waals surface area contributed by atoms with E-state index in [2.05, 4.69) is 9.72 Å². The summed E-state index contributed by atoms with van der Waals surface area (Å²) in [4.78, 5) is 15.5. The average Bonchev–Trinajstić information content (AvgIpc) is 2.86. The first-order chi connectivity index (χ1) is 6.81. The normalized spacial score (nSPS) is 17.2. The van der Waals surface area contributed by atoms with E-state index in [-0.39, 0.29) is 5.97 Å². The summed E-state index contributed by atoms with van der Waals surface area (Å²) < 4.78 is 4.62. The van der Waals surface area contributed by atoms with Gasteiger partial charge in [-0.15, -0.1) is 11.3 Å². The summed E-state index contributed by atoms with van der Waals surface area (Å²) in [6, 6.07) is 0. The molecule has 1 aliphatic rings. The van der Waals surface area contributed by atoms with Crippen LogP contribution >= 0.6 is 11.3 Å². The third-order valence-corrected chi connectivity index (χ3v) is 3.50. The zero-order valence-electron chi connectivity index (χ0n) is 8.16. The van der Waals surface area contributed by atoms with Gasteiger partial charge in [-0.25, -0.2) is 9.78 Å². The lowest BCUT2D eigenvalue weighted by atomic mass is 10.1. The molecule has 0 amide bonds. The van der Waals surface area contributed by atoms with Crippen molar-refractivity contribution in [1.82, 2.24) is 4.98 Å². The summed E-state index contributed by atoms with van der Waals surface area (Å²) in [5.74, 6) is 0.254. The monoisotopic (exact) mass is 211 g/mol. The van der Waals surface area contributed by atoms with Crippen LogP contribution in [0.25, 0.3) is 0 Å². The molecule has 2 rings (SSSR count). The molecule has 1 aliphatic carbocycles. The molecule has 0 saturated heterocycles. The van der Waals surface area contributed by atoms with Crippen molar-refractivity contribution in [2.45, 2.75) is 31.6 Å². The highest BCUT2D eigenvalue weighted by Crippen LogP contribution is 2.34. The molecule has 1 heterocycles. The Labute approximate surface area is 87.1 Å². The van der Waals surface area contributed by atoms with Crippen LogP contribution in [0.1, 0.15) is 47.1 Å². The first-order valence-electron chi connectivity index (χ1n) is 4.85. The molecule has 0 radical (unpaired) electrons. The van der Waals surface area contributed by atoms with Crippen molar-refractivity contribution in [3.63, 3.8) is 0 Å². The second-order valence-corrected chi connectivity index (χ2v) is 4.41. The van der Waals surface area contributed by atoms with Gasteiger partial charge in [-0.3, -0.25) is 0 Å². The van der Waals surface area contributed by atoms with E-state index in [1.807, 2.05) is 5.38 Å². The SMILES string of the molecule is COC(=O)c1nc(C2CCCC2)cs1. The van der Waals surface area contributed by atoms with Crippen LogP contribution in [0.3, 0.4) is 0 Å². The van der Waals surface area contributed by atoms with Crippen LogP contribution in [0, 0.1) is 0 Å². The maximum absolute atomic E-state index is 11.2. The molecule has 4 heteroatoms. The Bertz CT molecular complexity index is 329. The van der Waals surface area contributed by atoms with Gasteiger partial charge in [0.2, 0.25) is 5.01 Å². The van der Waals surface area contributed by atoms with Gasteiger partial charge in [0.05, 0.1) is 12.8 Å². The van der Waals surface area contributed by atoms with Crippen LogP contribution in [0.15, 0.2) is 5.38 Å². The molecule has 3 nitrogen and oxygen atoms in total. The Morgan fingerprint density at radius 3 is 2.93 bits per heavy atom. The van der Waals surface area contributed by atoms with E-state index in [1.54, 1.807) is 0 Å². The van der Waals surface area contributed by atoms with Crippen molar-refractivity contribution in [3.05, 3.63) is 16.1 Å². The van der Waals surface area contributed by atoms with Gasteiger partial charge < -0.3 is 4.74 Å². The van der Waals surface area contributed by atoms with E-state index in [0.29, 0.717) is 10.9 Å². The highest BCUT2D eigenvalue weighted by atomic mass is 32.1. The predicted molar refractivity (Wildman–Crippen MR) is 54.7 cm³/mol. The van der Waals surface area contributed by atoms with Gasteiger partial charge in [-0.05, 0) is 12.8 Å². The molecule has 1 saturated carbocycles. The number of hydrogen-bond acceptors (Lipinski definition) is 4. The van der Waals surface area contributed by atoms with Crippen LogP contribution in [-0.4, -0.2) is 18.1 Å². The number of methoxy groups -OCH3 is 1. The van der Waals surface area contributed by atoms with Crippen molar-refractivity contribution in [2.24, 2.45) is 0 Å². The molecule has 1 aromatic rings. The molecular formula is C10H13NO2S. The Hall–Kier alpha value is -0.900. The molecular weight excluding hydrogens is 198 g/mol. The standard InChI is InChI=1S/C10H13NO2S/c1-13-10(12)9-11-8(6-14-9)7-4-2-3-5-7/h6-7H,2-5H2,1H3. The lowest BCUT2D eigenvalue weighted by Gasteiger charge is -2.02. The average molecular weight is 211 g/mol. The minimum Gasteiger partial charge on any atom is -0.464 e. The van der Waals surface area contributed by atoms with Gasteiger partial charge in [-0.1, -0.05) is 12.8 Å². The lowest BCUT2D eigenvalue weighted by molar-refractivity contribution is 0.0600. The van der Waals surface area contributed by atoms with Gasteiger partial charge in [0.25, 0.3) is 0 Å². The maximum atomic E-state index is 11.2. The molecule has 1 aromatic heterocycles. The molecule has 0 aromatic carbocycles. The molecule has 76 valence electrons. The first-order valence-corrected chi connectivity index (χ1v) is 5.73. The number of thiazole rings is 1. The highest BCUT2D eigenvalue weighted by Gasteiger charge is 2.21. The van der Waals surface area contributed by atoms with Gasteiger partial charge >= 0.3 is 5.97 Å². The summed E-state index contributed by atoms with van der Waals surface area (Å²) in [7, 11) is 1.39. The second kappa shape index (κ2) is 4.09. The summed E-state index contributed by atoms with van der Waals surface area (Å²) in [6.07, 6.45) is 5.00. The molecule has 0 unspecified atom stereocenters. The Morgan fingerprint density at radius 2 is 2.29 bits per heavy atom. The third kappa shape index (κ3) is 1.80. The predicted octanol–water partition coefficient (Wildman–Crippen LogP) is 2.59. The number of nitrogens with zero attached hydrogens (tertiary/aromatic N) is 1. The molecule has 0 atom stereocenters. The van der Waals surface area contributed by atoms with Crippen LogP contribution in [0.4, 0.5) is 0 Å². The fourth-order valence-corrected chi connectivity index (χ4v) is 2.69. The highest BCUT2D eigenvalue weighted by molar-refractivity contribution is 7.11. The first kappa shape index (κ1) is 9.65. The Kier molecular flexibility index (Phi) is 2.82. The number of carbonyl (C=O) groups excluding carboxylic acids is 1. The lowest BCUT2D eigenvalue weighted by Crippen LogP contribution is -2.01. The largest absolute Gasteiger partial charge is 0.464 e. The fraction of sp³-hybridized carbons (Fsp3) is 0.600. The van der Waals surface area contributed by atoms with Gasteiger partial charge in [0.1, 0.15) is 0 Å². The number of hydrogen-bond donors (Lipinski definition) is 0. The second-order valence-electron chi connectivity index (χ2n) is 3.55. The molecule has 0 bridgehead atoms. The molecule has 0 aliphatic heterocycles. The summed E-state index contributed by atoms with van der Waals surface area (Å²) in [5, 5.41) is 2.47. The van der Waals surface area contributed by atoms with Crippen molar-refractivity contribution in [1.29, 1.82) is 0 Å². The topological polar surface area (TPSA) is 39.2 Å². The quantitative estimate of drug-likeness (QED) is 0.706. The number of esters is 1. The van der Waals surface area contributed by atoms with Crippen LogP contribution < -0.4 is 0 Å². The summed E-state index contributed by atoms with van der Waals surface area (Å²) in [6.45, 7) is 0. The van der Waals surface area contributed by atoms with Gasteiger partial charge in [-0.2, -0.15) is 0 Å². The zero-order chi connectivity index (χ0) is 9.97. The molecule has 1 fully saturated rings. The van der Waals surface area contributed by atoms with E-state index in [4.69, 9.17) is 0 Å².